The molecule has 5 rings (SSSR count). The van der Waals surface area contributed by atoms with Gasteiger partial charge in [-0.15, -0.1) is 0 Å². The molecule has 4 aliphatic rings. The highest BCUT2D eigenvalue weighted by molar-refractivity contribution is 5.78. The molecule has 4 saturated heterocycles. The minimum Gasteiger partial charge on any atom is -0.459 e. The van der Waals surface area contributed by atoms with Crippen LogP contribution in [0, 0.1) is 5.92 Å². The van der Waals surface area contributed by atoms with Gasteiger partial charge in [-0.1, -0.05) is 30.3 Å². The highest BCUT2D eigenvalue weighted by atomic mass is 16.5. The van der Waals surface area contributed by atoms with Crippen LogP contribution in [-0.2, 0) is 14.3 Å². The van der Waals surface area contributed by atoms with Crippen LogP contribution >= 0.6 is 0 Å². The summed E-state index contributed by atoms with van der Waals surface area (Å²) >= 11 is 0. The highest BCUT2D eigenvalue weighted by Crippen LogP contribution is 2.32. The molecule has 0 N–H and O–H groups in total. The summed E-state index contributed by atoms with van der Waals surface area (Å²) in [5.74, 6) is 0.460. The van der Waals surface area contributed by atoms with Crippen LogP contribution in [0.15, 0.2) is 30.3 Å². The number of nitrogens with zero attached hydrogens (tertiary/aromatic N) is 3. The molecule has 1 amide bonds. The predicted octanol–water partition coefficient (Wildman–Crippen LogP) is 1.53. The van der Waals surface area contributed by atoms with E-state index in [0.717, 1.165) is 38.0 Å². The first-order chi connectivity index (χ1) is 13.1. The van der Waals surface area contributed by atoms with Crippen LogP contribution in [-0.4, -0.2) is 78.5 Å². The second-order valence-corrected chi connectivity index (χ2v) is 7.97. The lowest BCUT2D eigenvalue weighted by atomic mass is 9.86. The molecule has 0 spiro atoms. The van der Waals surface area contributed by atoms with Gasteiger partial charge in [-0.05, 0) is 37.4 Å². The highest BCUT2D eigenvalue weighted by Gasteiger charge is 2.39. The molecule has 146 valence electrons. The number of fused-ring (bicyclic) bond motifs is 3. The van der Waals surface area contributed by atoms with Crippen molar-refractivity contribution in [2.75, 3.05) is 45.8 Å². The van der Waals surface area contributed by atoms with Crippen LogP contribution in [0.25, 0.3) is 0 Å². The molecule has 4 aliphatic heterocycles. The minimum absolute atomic E-state index is 0.0183. The van der Waals surface area contributed by atoms with E-state index in [9.17, 15) is 9.59 Å². The quantitative estimate of drug-likeness (QED) is 0.752. The molecule has 0 radical (unpaired) electrons. The number of hydrogen-bond acceptors (Lipinski definition) is 5. The SMILES string of the molecule is CC(=O)N1CCN(C(C(=O)O[C@H]2CN3CCC2CC3)c2ccccc2)CC1. The largest absolute Gasteiger partial charge is 0.459 e. The Bertz CT molecular complexity index is 665. The summed E-state index contributed by atoms with van der Waals surface area (Å²) in [4.78, 5) is 31.3. The van der Waals surface area contributed by atoms with Crippen molar-refractivity contribution in [2.24, 2.45) is 5.92 Å². The van der Waals surface area contributed by atoms with E-state index >= 15 is 0 Å². The number of piperidine rings is 3. The smallest absolute Gasteiger partial charge is 0.328 e. The Labute approximate surface area is 161 Å². The van der Waals surface area contributed by atoms with E-state index in [0.29, 0.717) is 32.1 Å². The van der Waals surface area contributed by atoms with E-state index in [2.05, 4.69) is 9.80 Å². The van der Waals surface area contributed by atoms with Crippen LogP contribution in [0.2, 0.25) is 0 Å². The zero-order valence-electron chi connectivity index (χ0n) is 16.0. The van der Waals surface area contributed by atoms with E-state index in [1.54, 1.807) is 6.92 Å². The third-order valence-corrected chi connectivity index (χ3v) is 6.33. The lowest BCUT2D eigenvalue weighted by Gasteiger charge is -2.45. The molecule has 6 nitrogen and oxygen atoms in total. The van der Waals surface area contributed by atoms with Crippen molar-refractivity contribution in [3.8, 4) is 0 Å². The number of benzene rings is 1. The summed E-state index contributed by atoms with van der Waals surface area (Å²) in [5, 5.41) is 0. The van der Waals surface area contributed by atoms with Crippen molar-refractivity contribution >= 4 is 11.9 Å². The van der Waals surface area contributed by atoms with Gasteiger partial charge < -0.3 is 9.64 Å². The van der Waals surface area contributed by atoms with Gasteiger partial charge in [0.25, 0.3) is 0 Å². The summed E-state index contributed by atoms with van der Waals surface area (Å²) in [7, 11) is 0. The monoisotopic (exact) mass is 371 g/mol. The topological polar surface area (TPSA) is 53.1 Å². The van der Waals surface area contributed by atoms with Crippen LogP contribution < -0.4 is 0 Å². The maximum Gasteiger partial charge on any atom is 0.328 e. The maximum atomic E-state index is 13.2. The molecule has 1 aromatic rings. The molecule has 6 heteroatoms. The molecule has 0 saturated carbocycles. The van der Waals surface area contributed by atoms with Crippen molar-refractivity contribution < 1.29 is 14.3 Å². The fourth-order valence-corrected chi connectivity index (χ4v) is 4.68. The van der Waals surface area contributed by atoms with Crippen LogP contribution in [0.4, 0.5) is 0 Å². The zero-order valence-corrected chi connectivity index (χ0v) is 16.0. The fraction of sp³-hybridized carbons (Fsp3) is 0.619. The average Bonchev–Trinajstić information content (AvgIpc) is 2.70. The number of amides is 1. The maximum absolute atomic E-state index is 13.2. The molecule has 4 fully saturated rings. The van der Waals surface area contributed by atoms with Gasteiger partial charge in [-0.2, -0.15) is 0 Å². The Morgan fingerprint density at radius 2 is 1.67 bits per heavy atom. The van der Waals surface area contributed by atoms with E-state index in [4.69, 9.17) is 4.74 Å². The van der Waals surface area contributed by atoms with Gasteiger partial charge in [-0.25, -0.2) is 4.79 Å². The van der Waals surface area contributed by atoms with Gasteiger partial charge in [0.15, 0.2) is 0 Å². The van der Waals surface area contributed by atoms with Crippen LogP contribution in [0.1, 0.15) is 31.4 Å². The first-order valence-electron chi connectivity index (χ1n) is 10.1. The summed E-state index contributed by atoms with van der Waals surface area (Å²) in [6.45, 7) is 7.43. The summed E-state index contributed by atoms with van der Waals surface area (Å²) in [6, 6.07) is 9.51. The van der Waals surface area contributed by atoms with Crippen molar-refractivity contribution in [1.29, 1.82) is 0 Å². The van der Waals surface area contributed by atoms with Crippen LogP contribution in [0.3, 0.4) is 0 Å². The summed E-state index contributed by atoms with van der Waals surface area (Å²) < 4.78 is 6.07. The summed E-state index contributed by atoms with van der Waals surface area (Å²) in [6.07, 6.45) is 2.28. The Kier molecular flexibility index (Phi) is 5.45. The van der Waals surface area contributed by atoms with Crippen molar-refractivity contribution in [3.63, 3.8) is 0 Å². The number of carbonyl (C=O) groups excluding carboxylic acids is 2. The van der Waals surface area contributed by atoms with Gasteiger partial charge in [0.2, 0.25) is 5.91 Å². The molecule has 1 unspecified atom stereocenters. The number of carbonyl (C=O) groups is 2. The molecule has 0 aromatic heterocycles. The second-order valence-electron chi connectivity index (χ2n) is 7.97. The fourth-order valence-electron chi connectivity index (χ4n) is 4.68. The Morgan fingerprint density at radius 3 is 2.22 bits per heavy atom. The lowest BCUT2D eigenvalue weighted by molar-refractivity contribution is -0.166. The Morgan fingerprint density at radius 1 is 1.00 bits per heavy atom. The Balaban J connectivity index is 1.48. The molecular formula is C21H29N3O3. The molecular weight excluding hydrogens is 342 g/mol. The number of hydrogen-bond donors (Lipinski definition) is 0. The predicted molar refractivity (Wildman–Crippen MR) is 102 cm³/mol. The Hall–Kier alpha value is -1.92. The molecule has 27 heavy (non-hydrogen) atoms. The van der Waals surface area contributed by atoms with Gasteiger partial charge in [-0.3, -0.25) is 14.6 Å². The van der Waals surface area contributed by atoms with E-state index in [1.165, 1.54) is 0 Å². The zero-order chi connectivity index (χ0) is 18.8. The third-order valence-electron chi connectivity index (χ3n) is 6.33. The van der Waals surface area contributed by atoms with E-state index < -0.39 is 6.04 Å². The van der Waals surface area contributed by atoms with Gasteiger partial charge in [0.1, 0.15) is 12.1 Å². The van der Waals surface area contributed by atoms with Gasteiger partial charge >= 0.3 is 5.97 Å². The molecule has 2 bridgehead atoms. The number of piperazine rings is 1. The normalized spacial score (nSPS) is 29.4. The number of ether oxygens (including phenoxy) is 1. The first-order valence-corrected chi connectivity index (χ1v) is 10.1. The van der Waals surface area contributed by atoms with E-state index in [-0.39, 0.29) is 18.0 Å². The van der Waals surface area contributed by atoms with Crippen molar-refractivity contribution in [3.05, 3.63) is 35.9 Å². The molecule has 0 aliphatic carbocycles. The minimum atomic E-state index is -0.393. The summed E-state index contributed by atoms with van der Waals surface area (Å²) in [5.41, 5.74) is 0.972. The average molecular weight is 371 g/mol. The third kappa shape index (κ3) is 4.01. The number of rotatable bonds is 4. The first kappa shape index (κ1) is 18.4. The molecule has 4 heterocycles. The van der Waals surface area contributed by atoms with E-state index in [1.807, 2.05) is 35.2 Å². The molecule has 2 atom stereocenters. The van der Waals surface area contributed by atoms with Crippen molar-refractivity contribution in [1.82, 2.24) is 14.7 Å². The van der Waals surface area contributed by atoms with Gasteiger partial charge in [0, 0.05) is 39.6 Å². The molecule has 1 aromatic carbocycles. The van der Waals surface area contributed by atoms with Crippen LogP contribution in [0.5, 0.6) is 0 Å². The lowest BCUT2D eigenvalue weighted by Crippen LogP contribution is -2.54. The van der Waals surface area contributed by atoms with Gasteiger partial charge in [0.05, 0.1) is 0 Å². The van der Waals surface area contributed by atoms with Crippen molar-refractivity contribution in [2.45, 2.75) is 31.9 Å². The standard InChI is InChI=1S/C21H29N3O3/c1-16(25)23-11-13-24(14-12-23)20(18-5-3-2-4-6-18)21(26)27-19-15-22-9-7-17(19)8-10-22/h2-6,17,19-20H,7-15H2,1H3/t19-,20?/m0/s1. The second kappa shape index (κ2) is 7.98. The number of esters is 1.